The average Bonchev–Trinajstić information content (AvgIpc) is 3.05. The SMILES string of the molecule is COc1cc(N(CC#N)C(=O)c2cc3c(Br)cncc3s2)ccc1F. The number of benzene rings is 1. The molecule has 0 fully saturated rings. The standard InChI is InChI=1S/C17H11BrFN3O2S/c1-24-14-6-10(2-3-13(14)19)22(5-4-20)17(23)15-7-11-12(18)8-21-9-16(11)25-15/h2-3,6-9H,5H2,1H3. The zero-order chi connectivity index (χ0) is 18.0. The van der Waals surface area contributed by atoms with Crippen molar-refractivity contribution in [3.8, 4) is 11.8 Å². The summed E-state index contributed by atoms with van der Waals surface area (Å²) >= 11 is 4.69. The fourth-order valence-electron chi connectivity index (χ4n) is 2.33. The molecule has 25 heavy (non-hydrogen) atoms. The number of aromatic nitrogens is 1. The second-order valence-electron chi connectivity index (χ2n) is 5.01. The number of amides is 1. The number of nitriles is 1. The Labute approximate surface area is 155 Å². The van der Waals surface area contributed by atoms with Crippen LogP contribution in [0.4, 0.5) is 10.1 Å². The molecule has 0 atom stereocenters. The van der Waals surface area contributed by atoms with E-state index in [9.17, 15) is 9.18 Å². The first-order valence-electron chi connectivity index (χ1n) is 7.10. The van der Waals surface area contributed by atoms with Crippen LogP contribution in [0.2, 0.25) is 0 Å². The molecule has 126 valence electrons. The highest BCUT2D eigenvalue weighted by Crippen LogP contribution is 2.32. The van der Waals surface area contributed by atoms with Crippen LogP contribution in [0, 0.1) is 17.1 Å². The van der Waals surface area contributed by atoms with E-state index >= 15 is 0 Å². The molecule has 0 unspecified atom stereocenters. The predicted octanol–water partition coefficient (Wildman–Crippen LogP) is 4.38. The van der Waals surface area contributed by atoms with Gasteiger partial charge in [-0.25, -0.2) is 4.39 Å². The highest BCUT2D eigenvalue weighted by molar-refractivity contribution is 9.10. The fraction of sp³-hybridized carbons (Fsp3) is 0.118. The van der Waals surface area contributed by atoms with Gasteiger partial charge in [0.1, 0.15) is 6.54 Å². The number of ether oxygens (including phenoxy) is 1. The quantitative estimate of drug-likeness (QED) is 0.588. The number of halogens is 2. The lowest BCUT2D eigenvalue weighted by atomic mass is 10.2. The Morgan fingerprint density at radius 2 is 2.24 bits per heavy atom. The molecule has 1 amide bonds. The van der Waals surface area contributed by atoms with Gasteiger partial charge in [0.2, 0.25) is 0 Å². The molecule has 3 rings (SSSR count). The molecule has 0 aliphatic carbocycles. The van der Waals surface area contributed by atoms with Gasteiger partial charge in [0.25, 0.3) is 5.91 Å². The van der Waals surface area contributed by atoms with E-state index in [2.05, 4.69) is 20.9 Å². The first kappa shape index (κ1) is 17.3. The van der Waals surface area contributed by atoms with Crippen LogP contribution in [-0.4, -0.2) is 24.5 Å². The number of hydrogen-bond acceptors (Lipinski definition) is 5. The van der Waals surface area contributed by atoms with Gasteiger partial charge in [-0.3, -0.25) is 14.7 Å². The number of hydrogen-bond donors (Lipinski definition) is 0. The summed E-state index contributed by atoms with van der Waals surface area (Å²) in [5.41, 5.74) is 0.388. The molecule has 0 saturated heterocycles. The van der Waals surface area contributed by atoms with E-state index in [0.717, 1.165) is 14.6 Å². The smallest absolute Gasteiger partial charge is 0.269 e. The van der Waals surface area contributed by atoms with Gasteiger partial charge in [0, 0.05) is 34.0 Å². The van der Waals surface area contributed by atoms with Crippen molar-refractivity contribution < 1.29 is 13.9 Å². The van der Waals surface area contributed by atoms with E-state index in [1.54, 1.807) is 18.5 Å². The van der Waals surface area contributed by atoms with Crippen LogP contribution in [0.1, 0.15) is 9.67 Å². The Morgan fingerprint density at radius 1 is 1.44 bits per heavy atom. The maximum absolute atomic E-state index is 13.6. The van der Waals surface area contributed by atoms with Gasteiger partial charge in [0.05, 0.1) is 22.8 Å². The molecule has 0 radical (unpaired) electrons. The van der Waals surface area contributed by atoms with Crippen LogP contribution in [-0.2, 0) is 0 Å². The number of carbonyl (C=O) groups is 1. The average molecular weight is 420 g/mol. The minimum atomic E-state index is -0.535. The third kappa shape index (κ3) is 3.34. The summed E-state index contributed by atoms with van der Waals surface area (Å²) in [4.78, 5) is 18.7. The normalized spacial score (nSPS) is 10.5. The second-order valence-corrected chi connectivity index (χ2v) is 6.95. The zero-order valence-corrected chi connectivity index (χ0v) is 15.4. The highest BCUT2D eigenvalue weighted by Gasteiger charge is 2.21. The van der Waals surface area contributed by atoms with Crippen LogP contribution in [0.5, 0.6) is 5.75 Å². The molecule has 0 aliphatic heterocycles. The summed E-state index contributed by atoms with van der Waals surface area (Å²) in [5.74, 6) is -0.868. The molecule has 1 aromatic carbocycles. The van der Waals surface area contributed by atoms with Gasteiger partial charge >= 0.3 is 0 Å². The number of fused-ring (bicyclic) bond motifs is 1. The lowest BCUT2D eigenvalue weighted by molar-refractivity contribution is 0.0994. The largest absolute Gasteiger partial charge is 0.494 e. The molecular formula is C17H11BrFN3O2S. The lowest BCUT2D eigenvalue weighted by Crippen LogP contribution is -2.30. The minimum Gasteiger partial charge on any atom is -0.494 e. The molecule has 0 bridgehead atoms. The van der Waals surface area contributed by atoms with Gasteiger partial charge < -0.3 is 4.74 Å². The van der Waals surface area contributed by atoms with Crippen LogP contribution in [0.15, 0.2) is 41.1 Å². The molecule has 5 nitrogen and oxygen atoms in total. The van der Waals surface area contributed by atoms with E-state index in [4.69, 9.17) is 10.00 Å². The summed E-state index contributed by atoms with van der Waals surface area (Å²) < 4.78 is 20.2. The Bertz CT molecular complexity index is 999. The van der Waals surface area contributed by atoms with E-state index < -0.39 is 5.82 Å². The van der Waals surface area contributed by atoms with Gasteiger partial charge in [-0.05, 0) is 34.1 Å². The van der Waals surface area contributed by atoms with Crippen molar-refractivity contribution in [2.75, 3.05) is 18.6 Å². The molecule has 2 aromatic heterocycles. The van der Waals surface area contributed by atoms with Crippen molar-refractivity contribution >= 4 is 48.9 Å². The molecule has 0 N–H and O–H groups in total. The van der Waals surface area contributed by atoms with Crippen LogP contribution < -0.4 is 9.64 Å². The van der Waals surface area contributed by atoms with Crippen molar-refractivity contribution in [3.63, 3.8) is 0 Å². The molecule has 3 aromatic rings. The Kier molecular flexibility index (Phi) is 4.97. The van der Waals surface area contributed by atoms with Gasteiger partial charge in [-0.15, -0.1) is 11.3 Å². The van der Waals surface area contributed by atoms with Gasteiger partial charge in [0.15, 0.2) is 11.6 Å². The van der Waals surface area contributed by atoms with Gasteiger partial charge in [-0.1, -0.05) is 0 Å². The van der Waals surface area contributed by atoms with Crippen molar-refractivity contribution in [2.45, 2.75) is 0 Å². The number of anilines is 1. The molecular weight excluding hydrogens is 409 g/mol. The number of thiophene rings is 1. The van der Waals surface area contributed by atoms with Crippen LogP contribution in [0.25, 0.3) is 10.1 Å². The monoisotopic (exact) mass is 419 g/mol. The van der Waals surface area contributed by atoms with Crippen LogP contribution in [0.3, 0.4) is 0 Å². The van der Waals surface area contributed by atoms with E-state index in [-0.39, 0.29) is 18.2 Å². The first-order chi connectivity index (χ1) is 12.0. The number of methoxy groups -OCH3 is 1. The Hall–Kier alpha value is -2.50. The van der Waals surface area contributed by atoms with E-state index in [1.165, 1.54) is 41.5 Å². The van der Waals surface area contributed by atoms with Crippen LogP contribution >= 0.6 is 27.3 Å². The minimum absolute atomic E-state index is 0.0107. The summed E-state index contributed by atoms with van der Waals surface area (Å²) in [6.45, 7) is -0.165. The molecule has 2 heterocycles. The molecule has 0 spiro atoms. The van der Waals surface area contributed by atoms with Crippen molar-refractivity contribution in [2.24, 2.45) is 0 Å². The maximum atomic E-state index is 13.6. The summed E-state index contributed by atoms with van der Waals surface area (Å²) in [6, 6.07) is 7.76. The number of carbonyl (C=O) groups excluding carboxylic acids is 1. The number of nitrogens with zero attached hydrogens (tertiary/aromatic N) is 3. The fourth-order valence-corrected chi connectivity index (χ4v) is 3.91. The van der Waals surface area contributed by atoms with Gasteiger partial charge in [-0.2, -0.15) is 5.26 Å². The predicted molar refractivity (Wildman–Crippen MR) is 97.6 cm³/mol. The number of pyridine rings is 1. The van der Waals surface area contributed by atoms with Crippen molar-refractivity contribution in [1.82, 2.24) is 4.98 Å². The summed E-state index contributed by atoms with van der Waals surface area (Å²) in [6.07, 6.45) is 3.33. The maximum Gasteiger partial charge on any atom is 0.269 e. The Morgan fingerprint density at radius 3 is 2.92 bits per heavy atom. The third-order valence-corrected chi connectivity index (χ3v) is 5.22. The van der Waals surface area contributed by atoms with Crippen molar-refractivity contribution in [1.29, 1.82) is 5.26 Å². The number of rotatable bonds is 4. The summed E-state index contributed by atoms with van der Waals surface area (Å²) in [5, 5.41) is 9.97. The zero-order valence-electron chi connectivity index (χ0n) is 13.0. The van der Waals surface area contributed by atoms with Crippen molar-refractivity contribution in [3.05, 3.63) is 51.8 Å². The molecule has 8 heteroatoms. The highest BCUT2D eigenvalue weighted by atomic mass is 79.9. The van der Waals surface area contributed by atoms with E-state index in [0.29, 0.717) is 10.6 Å². The molecule has 0 saturated carbocycles. The summed E-state index contributed by atoms with van der Waals surface area (Å²) in [7, 11) is 1.34. The second kappa shape index (κ2) is 7.17. The third-order valence-electron chi connectivity index (χ3n) is 3.53. The van der Waals surface area contributed by atoms with E-state index in [1.807, 2.05) is 6.07 Å². The first-order valence-corrected chi connectivity index (χ1v) is 8.71. The Balaban J connectivity index is 2.03. The molecule has 0 aliphatic rings. The topological polar surface area (TPSA) is 66.2 Å². The lowest BCUT2D eigenvalue weighted by Gasteiger charge is -2.19.